The number of benzene rings is 1. The number of unbranched alkanes of at least 4 members (excludes halogenated alkanes) is 1. The van der Waals surface area contributed by atoms with Crippen molar-refractivity contribution < 1.29 is 23.0 Å². The topological polar surface area (TPSA) is 47.6 Å². The molecule has 0 spiro atoms. The Balaban J connectivity index is 2.66. The molecule has 0 aliphatic rings. The Morgan fingerprint density at radius 1 is 1.21 bits per heavy atom. The van der Waals surface area contributed by atoms with Crippen molar-refractivity contribution in [2.45, 2.75) is 12.8 Å². The number of esters is 1. The van der Waals surface area contributed by atoms with E-state index in [-0.39, 0.29) is 5.69 Å². The zero-order chi connectivity index (χ0) is 14.3. The second-order valence-corrected chi connectivity index (χ2v) is 3.91. The zero-order valence-corrected chi connectivity index (χ0v) is 11.0. The van der Waals surface area contributed by atoms with E-state index in [1.807, 2.05) is 0 Å². The lowest BCUT2D eigenvalue weighted by Gasteiger charge is -2.09. The molecule has 0 amide bonds. The molecule has 0 aliphatic heterocycles. The van der Waals surface area contributed by atoms with E-state index in [4.69, 9.17) is 4.74 Å². The Hall–Kier alpha value is -1.69. The highest BCUT2D eigenvalue weighted by molar-refractivity contribution is 5.90. The van der Waals surface area contributed by atoms with Crippen LogP contribution in [0.5, 0.6) is 0 Å². The van der Waals surface area contributed by atoms with Gasteiger partial charge in [-0.2, -0.15) is 0 Å². The molecule has 0 radical (unpaired) electrons. The highest BCUT2D eigenvalue weighted by Crippen LogP contribution is 2.21. The molecular weight excluding hydrogens is 256 g/mol. The lowest BCUT2D eigenvalue weighted by molar-refractivity contribution is 0.0594. The van der Waals surface area contributed by atoms with Crippen molar-refractivity contribution in [1.82, 2.24) is 0 Å². The Kier molecular flexibility index (Phi) is 6.21. The summed E-state index contributed by atoms with van der Waals surface area (Å²) in [6.07, 6.45) is 1.60. The maximum atomic E-state index is 13.7. The van der Waals surface area contributed by atoms with E-state index in [1.165, 1.54) is 12.1 Å². The van der Waals surface area contributed by atoms with Gasteiger partial charge in [0.15, 0.2) is 11.6 Å². The zero-order valence-electron chi connectivity index (χ0n) is 11.0. The third-order valence-corrected chi connectivity index (χ3v) is 2.58. The molecule has 0 aliphatic carbocycles. The monoisotopic (exact) mass is 273 g/mol. The van der Waals surface area contributed by atoms with Crippen molar-refractivity contribution in [1.29, 1.82) is 0 Å². The van der Waals surface area contributed by atoms with Crippen LogP contribution in [-0.2, 0) is 9.47 Å². The number of halogens is 2. The van der Waals surface area contributed by atoms with Crippen LogP contribution in [0.25, 0.3) is 0 Å². The molecule has 0 saturated heterocycles. The van der Waals surface area contributed by atoms with Gasteiger partial charge in [-0.1, -0.05) is 0 Å². The van der Waals surface area contributed by atoms with Gasteiger partial charge in [-0.3, -0.25) is 0 Å². The quantitative estimate of drug-likeness (QED) is 0.612. The number of rotatable bonds is 7. The van der Waals surface area contributed by atoms with Crippen LogP contribution in [0.2, 0.25) is 0 Å². The molecule has 0 saturated carbocycles. The van der Waals surface area contributed by atoms with Crippen LogP contribution in [0.1, 0.15) is 23.2 Å². The number of methoxy groups -OCH3 is 2. The summed E-state index contributed by atoms with van der Waals surface area (Å²) in [5, 5.41) is 2.77. The minimum Gasteiger partial charge on any atom is -0.465 e. The van der Waals surface area contributed by atoms with Crippen LogP contribution >= 0.6 is 0 Å². The van der Waals surface area contributed by atoms with Crippen molar-refractivity contribution in [3.8, 4) is 0 Å². The van der Waals surface area contributed by atoms with E-state index in [0.717, 1.165) is 20.0 Å². The van der Waals surface area contributed by atoms with Crippen molar-refractivity contribution >= 4 is 11.7 Å². The molecule has 19 heavy (non-hydrogen) atoms. The van der Waals surface area contributed by atoms with Crippen LogP contribution in [0.3, 0.4) is 0 Å². The lowest BCUT2D eigenvalue weighted by atomic mass is 10.1. The van der Waals surface area contributed by atoms with Crippen molar-refractivity contribution in [3.05, 3.63) is 29.3 Å². The van der Waals surface area contributed by atoms with Gasteiger partial charge in [-0.05, 0) is 25.0 Å². The third-order valence-electron chi connectivity index (χ3n) is 2.58. The predicted octanol–water partition coefficient (Wildman–Crippen LogP) is 2.59. The van der Waals surface area contributed by atoms with E-state index < -0.39 is 23.2 Å². The second-order valence-electron chi connectivity index (χ2n) is 3.91. The first-order chi connectivity index (χ1) is 9.11. The van der Waals surface area contributed by atoms with Crippen molar-refractivity contribution in [2.24, 2.45) is 0 Å². The van der Waals surface area contributed by atoms with Crippen LogP contribution < -0.4 is 5.32 Å². The van der Waals surface area contributed by atoms with Crippen LogP contribution in [0.4, 0.5) is 14.5 Å². The second kappa shape index (κ2) is 7.68. The molecule has 1 aromatic rings. The van der Waals surface area contributed by atoms with Gasteiger partial charge < -0.3 is 14.8 Å². The van der Waals surface area contributed by atoms with E-state index >= 15 is 0 Å². The van der Waals surface area contributed by atoms with E-state index in [2.05, 4.69) is 10.1 Å². The molecule has 4 nitrogen and oxygen atoms in total. The number of nitrogens with one attached hydrogen (secondary N) is 1. The summed E-state index contributed by atoms with van der Waals surface area (Å²) in [5.41, 5.74) is -0.382. The van der Waals surface area contributed by atoms with Crippen molar-refractivity contribution in [2.75, 3.05) is 32.7 Å². The van der Waals surface area contributed by atoms with Gasteiger partial charge in [0.2, 0.25) is 0 Å². The minimum atomic E-state index is -1.20. The van der Waals surface area contributed by atoms with Gasteiger partial charge in [0, 0.05) is 20.3 Å². The SMILES string of the molecule is COCCCCNc1ccc(C(=O)OC)c(F)c1F. The van der Waals surface area contributed by atoms with Crippen LogP contribution in [-0.4, -0.2) is 33.3 Å². The number of ether oxygens (including phenoxy) is 2. The number of hydrogen-bond donors (Lipinski definition) is 1. The fraction of sp³-hybridized carbons (Fsp3) is 0.462. The molecule has 0 bridgehead atoms. The summed E-state index contributed by atoms with van der Waals surface area (Å²) >= 11 is 0. The smallest absolute Gasteiger partial charge is 0.340 e. The molecule has 0 fully saturated rings. The molecule has 106 valence electrons. The largest absolute Gasteiger partial charge is 0.465 e. The maximum absolute atomic E-state index is 13.7. The van der Waals surface area contributed by atoms with E-state index in [1.54, 1.807) is 7.11 Å². The van der Waals surface area contributed by atoms with Gasteiger partial charge in [0.05, 0.1) is 18.4 Å². The Labute approximate surface area is 110 Å². The number of carbonyl (C=O) groups excluding carboxylic acids is 1. The first kappa shape index (κ1) is 15.4. The molecule has 1 N–H and O–H groups in total. The van der Waals surface area contributed by atoms with Gasteiger partial charge in [0.25, 0.3) is 0 Å². The Bertz CT molecular complexity index is 438. The molecule has 0 atom stereocenters. The minimum absolute atomic E-state index is 0.0302. The van der Waals surface area contributed by atoms with Crippen molar-refractivity contribution in [3.63, 3.8) is 0 Å². The first-order valence-corrected chi connectivity index (χ1v) is 5.91. The summed E-state index contributed by atoms with van der Waals surface area (Å²) < 4.78 is 36.5. The molecular formula is C13H17F2NO3. The van der Waals surface area contributed by atoms with Crippen LogP contribution in [0.15, 0.2) is 12.1 Å². The fourth-order valence-electron chi connectivity index (χ4n) is 1.55. The normalized spacial score (nSPS) is 10.3. The average Bonchev–Trinajstić information content (AvgIpc) is 2.42. The van der Waals surface area contributed by atoms with Gasteiger partial charge in [-0.25, -0.2) is 13.6 Å². The Morgan fingerprint density at radius 2 is 1.95 bits per heavy atom. The number of carbonyl (C=O) groups is 1. The van der Waals surface area contributed by atoms with Gasteiger partial charge in [-0.15, -0.1) is 0 Å². The van der Waals surface area contributed by atoms with Gasteiger partial charge in [0.1, 0.15) is 0 Å². The summed E-state index contributed by atoms with van der Waals surface area (Å²) in [6, 6.07) is 2.52. The highest BCUT2D eigenvalue weighted by atomic mass is 19.2. The molecule has 1 aromatic carbocycles. The number of hydrogen-bond acceptors (Lipinski definition) is 4. The Morgan fingerprint density at radius 3 is 2.58 bits per heavy atom. The summed E-state index contributed by atoms with van der Waals surface area (Å²) in [7, 11) is 2.72. The van der Waals surface area contributed by atoms with E-state index in [0.29, 0.717) is 13.2 Å². The standard InChI is InChI=1S/C13H17F2NO3/c1-18-8-4-3-7-16-10-6-5-9(13(17)19-2)11(14)12(10)15/h5-6,16H,3-4,7-8H2,1-2H3. The highest BCUT2D eigenvalue weighted by Gasteiger charge is 2.18. The third kappa shape index (κ3) is 4.17. The van der Waals surface area contributed by atoms with Crippen LogP contribution in [0, 0.1) is 11.6 Å². The lowest BCUT2D eigenvalue weighted by Crippen LogP contribution is -2.10. The summed E-state index contributed by atoms with van der Waals surface area (Å²) in [5.74, 6) is -3.17. The molecule has 6 heteroatoms. The molecule has 0 aromatic heterocycles. The van der Waals surface area contributed by atoms with E-state index in [9.17, 15) is 13.6 Å². The molecule has 1 rings (SSSR count). The fourth-order valence-corrected chi connectivity index (χ4v) is 1.55. The number of anilines is 1. The molecule has 0 heterocycles. The predicted molar refractivity (Wildman–Crippen MR) is 67.3 cm³/mol. The summed E-state index contributed by atoms with van der Waals surface area (Å²) in [4.78, 5) is 11.2. The maximum Gasteiger partial charge on any atom is 0.340 e. The molecule has 0 unspecified atom stereocenters. The average molecular weight is 273 g/mol. The summed E-state index contributed by atoms with van der Waals surface area (Å²) in [6.45, 7) is 1.12. The van der Waals surface area contributed by atoms with Gasteiger partial charge >= 0.3 is 5.97 Å². The first-order valence-electron chi connectivity index (χ1n) is 5.91.